The number of carbonyl (C=O) groups is 2. The number of sulfonamides is 1. The third-order valence-corrected chi connectivity index (χ3v) is 5.76. The Morgan fingerprint density at radius 3 is 2.07 bits per heavy atom. The molecule has 2 aromatic carbocycles. The summed E-state index contributed by atoms with van der Waals surface area (Å²) in [5.74, 6) is -0.747. The van der Waals surface area contributed by atoms with Crippen molar-refractivity contribution in [1.29, 1.82) is 0 Å². The summed E-state index contributed by atoms with van der Waals surface area (Å²) in [4.78, 5) is 26.7. The van der Waals surface area contributed by atoms with E-state index in [2.05, 4.69) is 5.32 Å². The van der Waals surface area contributed by atoms with Crippen molar-refractivity contribution in [3.8, 4) is 0 Å². The van der Waals surface area contributed by atoms with Gasteiger partial charge in [0.05, 0.1) is 11.9 Å². The number of para-hydroxylation sites is 1. The van der Waals surface area contributed by atoms with Crippen LogP contribution >= 0.6 is 0 Å². The molecule has 156 valence electrons. The zero-order valence-corrected chi connectivity index (χ0v) is 17.7. The maximum atomic E-state index is 13.1. The molecule has 0 unspecified atom stereocenters. The zero-order valence-electron chi connectivity index (χ0n) is 16.9. The van der Waals surface area contributed by atoms with Crippen LogP contribution in [0.3, 0.4) is 0 Å². The third-order valence-electron chi connectivity index (χ3n) is 4.62. The van der Waals surface area contributed by atoms with Crippen LogP contribution in [0.5, 0.6) is 0 Å². The third kappa shape index (κ3) is 6.32. The van der Waals surface area contributed by atoms with Gasteiger partial charge < -0.3 is 10.2 Å². The summed E-state index contributed by atoms with van der Waals surface area (Å²) in [6.07, 6.45) is 1.61. The van der Waals surface area contributed by atoms with E-state index in [4.69, 9.17) is 0 Å². The van der Waals surface area contributed by atoms with Crippen LogP contribution in [0.15, 0.2) is 60.7 Å². The number of likely N-dealkylation sites (N-methyl/N-ethyl adjacent to an activating group) is 1. The SMILES string of the molecule is CNC(=O)[C@@H](C)N(CCc1ccccc1)C(=O)CN(c1ccccc1)S(C)(=O)=O. The van der Waals surface area contributed by atoms with Gasteiger partial charge in [-0.1, -0.05) is 48.5 Å². The van der Waals surface area contributed by atoms with E-state index in [0.29, 0.717) is 18.7 Å². The number of hydrogen-bond donors (Lipinski definition) is 1. The van der Waals surface area contributed by atoms with Gasteiger partial charge in [0.25, 0.3) is 0 Å². The number of nitrogens with zero attached hydrogens (tertiary/aromatic N) is 2. The molecule has 2 rings (SSSR count). The van der Waals surface area contributed by atoms with Crippen molar-refractivity contribution < 1.29 is 18.0 Å². The molecule has 0 heterocycles. The Labute approximate surface area is 172 Å². The predicted octanol–water partition coefficient (Wildman–Crippen LogP) is 1.66. The fraction of sp³-hybridized carbons (Fsp3) is 0.333. The molecule has 0 spiro atoms. The van der Waals surface area contributed by atoms with Gasteiger partial charge in [0.2, 0.25) is 21.8 Å². The van der Waals surface area contributed by atoms with Crippen molar-refractivity contribution in [3.05, 3.63) is 66.2 Å². The first-order chi connectivity index (χ1) is 13.7. The first-order valence-corrected chi connectivity index (χ1v) is 11.2. The molecule has 0 radical (unpaired) electrons. The molecule has 0 aliphatic heterocycles. The lowest BCUT2D eigenvalue weighted by atomic mass is 10.1. The largest absolute Gasteiger partial charge is 0.357 e. The Hall–Kier alpha value is -2.87. The van der Waals surface area contributed by atoms with Crippen LogP contribution in [0.25, 0.3) is 0 Å². The molecular formula is C21H27N3O4S. The quantitative estimate of drug-likeness (QED) is 0.672. The van der Waals surface area contributed by atoms with Crippen molar-refractivity contribution in [2.45, 2.75) is 19.4 Å². The number of anilines is 1. The van der Waals surface area contributed by atoms with E-state index in [1.807, 2.05) is 30.3 Å². The zero-order chi connectivity index (χ0) is 21.4. The minimum absolute atomic E-state index is 0.295. The minimum atomic E-state index is -3.68. The van der Waals surface area contributed by atoms with E-state index in [9.17, 15) is 18.0 Å². The first-order valence-electron chi connectivity index (χ1n) is 9.31. The molecule has 8 heteroatoms. The van der Waals surface area contributed by atoms with Crippen LogP contribution in [0.2, 0.25) is 0 Å². The second-order valence-corrected chi connectivity index (χ2v) is 8.62. The van der Waals surface area contributed by atoms with E-state index < -0.39 is 22.0 Å². The highest BCUT2D eigenvalue weighted by atomic mass is 32.2. The van der Waals surface area contributed by atoms with E-state index in [1.165, 1.54) is 11.9 Å². The van der Waals surface area contributed by atoms with Gasteiger partial charge in [-0.3, -0.25) is 13.9 Å². The summed E-state index contributed by atoms with van der Waals surface area (Å²) in [7, 11) is -2.17. The molecule has 29 heavy (non-hydrogen) atoms. The van der Waals surface area contributed by atoms with Gasteiger partial charge in [-0.05, 0) is 31.0 Å². The van der Waals surface area contributed by atoms with Crippen LogP contribution in [0.1, 0.15) is 12.5 Å². The average molecular weight is 418 g/mol. The van der Waals surface area contributed by atoms with Gasteiger partial charge in [0.1, 0.15) is 12.6 Å². The lowest BCUT2D eigenvalue weighted by Gasteiger charge is -2.31. The molecule has 7 nitrogen and oxygen atoms in total. The van der Waals surface area contributed by atoms with Gasteiger partial charge in [-0.2, -0.15) is 0 Å². The summed E-state index contributed by atoms with van der Waals surface area (Å²) in [6, 6.07) is 17.3. The molecule has 0 aliphatic carbocycles. The summed E-state index contributed by atoms with van der Waals surface area (Å²) < 4.78 is 25.7. The number of carbonyl (C=O) groups excluding carboxylic acids is 2. The average Bonchev–Trinajstić information content (AvgIpc) is 2.71. The summed E-state index contributed by atoms with van der Waals surface area (Å²) in [6.45, 7) is 1.55. The molecule has 0 saturated heterocycles. The Morgan fingerprint density at radius 1 is 1.00 bits per heavy atom. The van der Waals surface area contributed by atoms with E-state index in [-0.39, 0.29) is 12.5 Å². The Bertz CT molecular complexity index is 917. The standard InChI is InChI=1S/C21H27N3O4S/c1-17(21(26)22-2)23(15-14-18-10-6-4-7-11-18)20(25)16-24(29(3,27)28)19-12-8-5-9-13-19/h4-13,17H,14-16H2,1-3H3,(H,22,26)/t17-/m1/s1. The van der Waals surface area contributed by atoms with E-state index in [1.54, 1.807) is 37.3 Å². The highest BCUT2D eigenvalue weighted by molar-refractivity contribution is 7.92. The number of nitrogens with one attached hydrogen (secondary N) is 1. The van der Waals surface area contributed by atoms with Crippen molar-refractivity contribution >= 4 is 27.5 Å². The van der Waals surface area contributed by atoms with Crippen molar-refractivity contribution in [2.75, 3.05) is 30.7 Å². The fourth-order valence-corrected chi connectivity index (χ4v) is 3.84. The second kappa shape index (κ2) is 10.1. The molecule has 0 aliphatic rings. The number of rotatable bonds is 9. The highest BCUT2D eigenvalue weighted by Crippen LogP contribution is 2.17. The summed E-state index contributed by atoms with van der Waals surface area (Å²) >= 11 is 0. The molecule has 1 atom stereocenters. The Morgan fingerprint density at radius 2 is 1.55 bits per heavy atom. The van der Waals surface area contributed by atoms with Crippen molar-refractivity contribution in [2.24, 2.45) is 0 Å². The molecule has 0 fully saturated rings. The Kier molecular flexibility index (Phi) is 7.78. The van der Waals surface area contributed by atoms with Crippen LogP contribution in [0, 0.1) is 0 Å². The molecule has 2 aromatic rings. The number of amides is 2. The number of hydrogen-bond acceptors (Lipinski definition) is 4. The van der Waals surface area contributed by atoms with Gasteiger partial charge in [0, 0.05) is 13.6 Å². The van der Waals surface area contributed by atoms with Crippen molar-refractivity contribution in [3.63, 3.8) is 0 Å². The van der Waals surface area contributed by atoms with Gasteiger partial charge >= 0.3 is 0 Å². The maximum absolute atomic E-state index is 13.1. The number of benzene rings is 2. The van der Waals surface area contributed by atoms with Gasteiger partial charge in [0.15, 0.2) is 0 Å². The predicted molar refractivity (Wildman–Crippen MR) is 114 cm³/mol. The normalized spacial score (nSPS) is 12.1. The fourth-order valence-electron chi connectivity index (χ4n) is 2.99. The minimum Gasteiger partial charge on any atom is -0.357 e. The second-order valence-electron chi connectivity index (χ2n) is 6.72. The van der Waals surface area contributed by atoms with Crippen LogP contribution in [0.4, 0.5) is 5.69 Å². The first kappa shape index (κ1) is 22.4. The molecule has 0 saturated carbocycles. The molecular weight excluding hydrogens is 390 g/mol. The van der Waals surface area contributed by atoms with E-state index in [0.717, 1.165) is 16.1 Å². The summed E-state index contributed by atoms with van der Waals surface area (Å²) in [5.41, 5.74) is 1.43. The summed E-state index contributed by atoms with van der Waals surface area (Å²) in [5, 5.41) is 2.55. The van der Waals surface area contributed by atoms with Gasteiger partial charge in [-0.15, -0.1) is 0 Å². The monoisotopic (exact) mass is 417 g/mol. The topological polar surface area (TPSA) is 86.8 Å². The molecule has 1 N–H and O–H groups in total. The molecule has 2 amide bonds. The van der Waals surface area contributed by atoms with Crippen molar-refractivity contribution in [1.82, 2.24) is 10.2 Å². The van der Waals surface area contributed by atoms with Crippen LogP contribution < -0.4 is 9.62 Å². The van der Waals surface area contributed by atoms with E-state index >= 15 is 0 Å². The highest BCUT2D eigenvalue weighted by Gasteiger charge is 2.29. The van der Waals surface area contributed by atoms with Crippen LogP contribution in [-0.4, -0.2) is 57.6 Å². The van der Waals surface area contributed by atoms with Gasteiger partial charge in [-0.25, -0.2) is 8.42 Å². The Balaban J connectivity index is 2.25. The smallest absolute Gasteiger partial charge is 0.244 e. The lowest BCUT2D eigenvalue weighted by Crippen LogP contribution is -2.51. The maximum Gasteiger partial charge on any atom is 0.244 e. The van der Waals surface area contributed by atoms with Crippen LogP contribution in [-0.2, 0) is 26.0 Å². The lowest BCUT2D eigenvalue weighted by molar-refractivity contribution is -0.138. The molecule has 0 aromatic heterocycles. The molecule has 0 bridgehead atoms.